The fourth-order valence-electron chi connectivity index (χ4n) is 2.99. The van der Waals surface area contributed by atoms with Gasteiger partial charge in [0.2, 0.25) is 0 Å². The van der Waals surface area contributed by atoms with Gasteiger partial charge in [-0.05, 0) is 52.0 Å². The van der Waals surface area contributed by atoms with Gasteiger partial charge in [0.25, 0.3) is 0 Å². The number of ether oxygens (including phenoxy) is 2. The average Bonchev–Trinajstić information content (AvgIpc) is 2.68. The van der Waals surface area contributed by atoms with E-state index in [1.54, 1.807) is 11.8 Å². The van der Waals surface area contributed by atoms with Gasteiger partial charge in [0, 0.05) is 38.4 Å². The smallest absolute Gasteiger partial charge is 0.410 e. The quantitative estimate of drug-likeness (QED) is 0.411. The largest absolute Gasteiger partial charge is 0.466 e. The number of carbonyl (C=O) groups is 2. The van der Waals surface area contributed by atoms with Crippen LogP contribution in [0.1, 0.15) is 34.1 Å². The maximum atomic E-state index is 12.2. The molecular weight excluding hydrogens is 372 g/mol. The van der Waals surface area contributed by atoms with Crippen molar-refractivity contribution in [3.05, 3.63) is 24.3 Å². The zero-order valence-electron chi connectivity index (χ0n) is 17.7. The Balaban J connectivity index is 1.89. The number of esters is 1. The fourth-order valence-corrected chi connectivity index (χ4v) is 2.99. The van der Waals surface area contributed by atoms with Crippen LogP contribution in [0.5, 0.6) is 0 Å². The fraction of sp³-hybridized carbons (Fsp3) is 0.571. The number of hydrogen-bond acceptors (Lipinski definition) is 7. The second-order valence-electron chi connectivity index (χ2n) is 7.78. The molecule has 158 valence electrons. The van der Waals surface area contributed by atoms with Crippen LogP contribution in [0.15, 0.2) is 24.3 Å². The first kappa shape index (κ1) is 22.3. The molecule has 8 nitrogen and oxygen atoms in total. The highest BCUT2D eigenvalue weighted by atomic mass is 16.6. The number of anilines is 2. The van der Waals surface area contributed by atoms with Gasteiger partial charge in [-0.15, -0.1) is 0 Å². The average molecular weight is 402 g/mol. The topological polar surface area (TPSA) is 86.1 Å². The lowest BCUT2D eigenvalue weighted by Crippen LogP contribution is -2.50. The molecule has 1 aliphatic heterocycles. The van der Waals surface area contributed by atoms with Crippen molar-refractivity contribution in [1.82, 2.24) is 4.90 Å². The number of benzene rings is 1. The Kier molecular flexibility index (Phi) is 7.71. The van der Waals surface area contributed by atoms with E-state index in [2.05, 4.69) is 11.1 Å². The van der Waals surface area contributed by atoms with Crippen molar-refractivity contribution in [3.63, 3.8) is 0 Å². The molecule has 0 bridgehead atoms. The van der Waals surface area contributed by atoms with Crippen LogP contribution < -0.4 is 9.80 Å². The van der Waals surface area contributed by atoms with Crippen LogP contribution in [0.4, 0.5) is 16.2 Å². The first-order valence-electron chi connectivity index (χ1n) is 9.89. The zero-order valence-corrected chi connectivity index (χ0v) is 17.7. The van der Waals surface area contributed by atoms with Gasteiger partial charge in [-0.25, -0.2) is 4.79 Å². The molecule has 2 rings (SSSR count). The summed E-state index contributed by atoms with van der Waals surface area (Å²) in [4.78, 5) is 29.1. The summed E-state index contributed by atoms with van der Waals surface area (Å²) >= 11 is 0. The zero-order chi connectivity index (χ0) is 21.4. The van der Waals surface area contributed by atoms with Crippen LogP contribution in [0.25, 0.3) is 0 Å². The maximum absolute atomic E-state index is 12.2. The number of piperazine rings is 1. The van der Waals surface area contributed by atoms with Crippen molar-refractivity contribution in [3.8, 4) is 6.19 Å². The van der Waals surface area contributed by atoms with E-state index >= 15 is 0 Å². The van der Waals surface area contributed by atoms with Crippen molar-refractivity contribution in [1.29, 1.82) is 5.26 Å². The SMILES string of the molecule is CCOC(=O)CCN(C#N)c1ccc(N2CCN(C(=O)OC(C)(C)C)CC2)cc1. The third kappa shape index (κ3) is 6.86. The molecule has 1 saturated heterocycles. The first-order chi connectivity index (χ1) is 13.7. The summed E-state index contributed by atoms with van der Waals surface area (Å²) in [5.41, 5.74) is 1.26. The molecule has 1 aromatic rings. The van der Waals surface area contributed by atoms with Gasteiger partial charge in [0.05, 0.1) is 18.7 Å². The number of nitrogens with zero attached hydrogens (tertiary/aromatic N) is 4. The molecule has 1 fully saturated rings. The van der Waals surface area contributed by atoms with Gasteiger partial charge in [0.1, 0.15) is 5.60 Å². The summed E-state index contributed by atoms with van der Waals surface area (Å²) in [5, 5.41) is 9.37. The maximum Gasteiger partial charge on any atom is 0.410 e. The predicted octanol–water partition coefficient (Wildman–Crippen LogP) is 2.98. The monoisotopic (exact) mass is 402 g/mol. The van der Waals surface area contributed by atoms with E-state index in [4.69, 9.17) is 9.47 Å². The van der Waals surface area contributed by atoms with Crippen molar-refractivity contribution < 1.29 is 19.1 Å². The molecule has 0 N–H and O–H groups in total. The molecule has 1 amide bonds. The molecule has 0 aromatic heterocycles. The Labute approximate surface area is 172 Å². The van der Waals surface area contributed by atoms with Gasteiger partial charge in [0.15, 0.2) is 6.19 Å². The third-order valence-corrected chi connectivity index (χ3v) is 4.42. The van der Waals surface area contributed by atoms with Gasteiger partial charge in [-0.1, -0.05) is 0 Å². The lowest BCUT2D eigenvalue weighted by molar-refractivity contribution is -0.142. The molecule has 1 heterocycles. The molecule has 0 saturated carbocycles. The summed E-state index contributed by atoms with van der Waals surface area (Å²) in [5.74, 6) is -0.313. The number of amides is 1. The Morgan fingerprint density at radius 1 is 1.14 bits per heavy atom. The summed E-state index contributed by atoms with van der Waals surface area (Å²) < 4.78 is 10.3. The number of rotatable bonds is 6. The molecule has 1 aliphatic rings. The van der Waals surface area contributed by atoms with Crippen LogP contribution in [0, 0.1) is 11.5 Å². The summed E-state index contributed by atoms with van der Waals surface area (Å²) in [6.45, 7) is 10.6. The minimum atomic E-state index is -0.496. The van der Waals surface area contributed by atoms with Crippen LogP contribution in [0.2, 0.25) is 0 Å². The number of hydrogen-bond donors (Lipinski definition) is 0. The van der Waals surface area contributed by atoms with E-state index in [1.807, 2.05) is 45.0 Å². The van der Waals surface area contributed by atoms with Crippen molar-refractivity contribution >= 4 is 23.4 Å². The van der Waals surface area contributed by atoms with Crippen molar-refractivity contribution in [2.75, 3.05) is 49.1 Å². The van der Waals surface area contributed by atoms with Crippen LogP contribution >= 0.6 is 0 Å². The van der Waals surface area contributed by atoms with Crippen LogP contribution in [-0.2, 0) is 14.3 Å². The molecule has 0 radical (unpaired) electrons. The van der Waals surface area contributed by atoms with Gasteiger partial charge in [-0.2, -0.15) is 5.26 Å². The highest BCUT2D eigenvalue weighted by Gasteiger charge is 2.26. The van der Waals surface area contributed by atoms with E-state index in [9.17, 15) is 14.9 Å². The standard InChI is InChI=1S/C21H30N4O4/c1-5-28-19(26)10-11-25(16-22)18-8-6-17(7-9-18)23-12-14-24(15-13-23)20(27)29-21(2,3)4/h6-9H,5,10-15H2,1-4H3. The molecule has 0 aliphatic carbocycles. The lowest BCUT2D eigenvalue weighted by Gasteiger charge is -2.36. The summed E-state index contributed by atoms with van der Waals surface area (Å²) in [6, 6.07) is 7.63. The highest BCUT2D eigenvalue weighted by Crippen LogP contribution is 2.22. The minimum Gasteiger partial charge on any atom is -0.466 e. The Morgan fingerprint density at radius 3 is 2.28 bits per heavy atom. The Morgan fingerprint density at radius 2 is 1.76 bits per heavy atom. The minimum absolute atomic E-state index is 0.162. The van der Waals surface area contributed by atoms with Gasteiger partial charge in [-0.3, -0.25) is 9.69 Å². The number of carbonyl (C=O) groups excluding carboxylic acids is 2. The Bertz CT molecular complexity index is 729. The van der Waals surface area contributed by atoms with E-state index < -0.39 is 5.60 Å². The Hall–Kier alpha value is -2.95. The van der Waals surface area contributed by atoms with Gasteiger partial charge < -0.3 is 19.3 Å². The normalized spacial score (nSPS) is 14.2. The van der Waals surface area contributed by atoms with E-state index in [-0.39, 0.29) is 25.0 Å². The lowest BCUT2D eigenvalue weighted by atomic mass is 10.2. The van der Waals surface area contributed by atoms with E-state index in [0.29, 0.717) is 32.8 Å². The van der Waals surface area contributed by atoms with Crippen molar-refractivity contribution in [2.24, 2.45) is 0 Å². The van der Waals surface area contributed by atoms with E-state index in [1.165, 1.54) is 4.90 Å². The first-order valence-corrected chi connectivity index (χ1v) is 9.89. The van der Waals surface area contributed by atoms with Gasteiger partial charge >= 0.3 is 12.1 Å². The molecule has 8 heteroatoms. The molecule has 1 aromatic carbocycles. The molecule has 0 unspecified atom stereocenters. The van der Waals surface area contributed by atoms with Crippen LogP contribution in [-0.4, -0.2) is 61.9 Å². The van der Waals surface area contributed by atoms with E-state index in [0.717, 1.165) is 11.4 Å². The second-order valence-corrected chi connectivity index (χ2v) is 7.78. The summed E-state index contributed by atoms with van der Waals surface area (Å²) in [6.07, 6.45) is 1.99. The van der Waals surface area contributed by atoms with Crippen LogP contribution in [0.3, 0.4) is 0 Å². The molecule has 29 heavy (non-hydrogen) atoms. The molecular formula is C21H30N4O4. The van der Waals surface area contributed by atoms with Crippen molar-refractivity contribution in [2.45, 2.75) is 39.7 Å². The number of nitriles is 1. The predicted molar refractivity (Wildman–Crippen MR) is 111 cm³/mol. The molecule has 0 atom stereocenters. The second kappa shape index (κ2) is 10.0. The molecule has 0 spiro atoms. The summed E-state index contributed by atoms with van der Waals surface area (Å²) in [7, 11) is 0. The highest BCUT2D eigenvalue weighted by molar-refractivity contribution is 5.71. The third-order valence-electron chi connectivity index (χ3n) is 4.42.